The van der Waals surface area contributed by atoms with E-state index in [1.165, 1.54) is 0 Å². The molecule has 5 rings (SSSR count). The molecule has 35 heavy (non-hydrogen) atoms. The summed E-state index contributed by atoms with van der Waals surface area (Å²) < 4.78 is 11.5. The van der Waals surface area contributed by atoms with Crippen molar-refractivity contribution in [3.63, 3.8) is 0 Å². The molecule has 10 nitrogen and oxygen atoms in total. The summed E-state index contributed by atoms with van der Waals surface area (Å²) in [4.78, 5) is 13.7. The number of hydrogen-bond acceptors (Lipinski definition) is 10. The smallest absolute Gasteiger partial charge is 0.225 e. The van der Waals surface area contributed by atoms with Crippen molar-refractivity contribution in [2.24, 2.45) is 5.92 Å². The van der Waals surface area contributed by atoms with E-state index in [9.17, 15) is 15.3 Å². The van der Waals surface area contributed by atoms with Gasteiger partial charge in [0.2, 0.25) is 5.95 Å². The average molecular weight is 480 g/mol. The van der Waals surface area contributed by atoms with E-state index >= 15 is 0 Å². The van der Waals surface area contributed by atoms with Crippen molar-refractivity contribution in [3.05, 3.63) is 53.9 Å². The Kier molecular flexibility index (Phi) is 6.42. The van der Waals surface area contributed by atoms with E-state index in [2.05, 4.69) is 25.6 Å². The SMILES string of the molecule is CCc1cc2cc(-c3c(C)nc(NCc4ccco4)nc3N[C@@H]3C[C@H](CO)[C@@H](O)[C@H]3O)oc2cn1. The monoisotopic (exact) mass is 479 g/mol. The highest BCUT2D eigenvalue weighted by Gasteiger charge is 2.41. The topological polar surface area (TPSA) is 150 Å². The normalized spacial score (nSPS) is 22.1. The van der Waals surface area contributed by atoms with Gasteiger partial charge in [0.15, 0.2) is 5.58 Å². The number of rotatable bonds is 8. The van der Waals surface area contributed by atoms with Gasteiger partial charge >= 0.3 is 0 Å². The molecule has 4 aromatic rings. The van der Waals surface area contributed by atoms with Crippen LogP contribution in [0.1, 0.15) is 30.5 Å². The van der Waals surface area contributed by atoms with Gasteiger partial charge in [0.1, 0.15) is 23.4 Å². The summed E-state index contributed by atoms with van der Waals surface area (Å²) in [6.07, 6.45) is 2.44. The fourth-order valence-corrected chi connectivity index (χ4v) is 4.56. The van der Waals surface area contributed by atoms with E-state index in [0.717, 1.165) is 23.3 Å². The molecule has 1 saturated carbocycles. The molecule has 1 aliphatic rings. The number of aromatic nitrogens is 3. The number of nitrogens with one attached hydrogen (secondary N) is 2. The highest BCUT2D eigenvalue weighted by Crippen LogP contribution is 2.37. The van der Waals surface area contributed by atoms with Gasteiger partial charge in [0.25, 0.3) is 0 Å². The summed E-state index contributed by atoms with van der Waals surface area (Å²) in [6.45, 7) is 4.10. The largest absolute Gasteiger partial charge is 0.467 e. The lowest BCUT2D eigenvalue weighted by atomic mass is 10.1. The lowest BCUT2D eigenvalue weighted by molar-refractivity contribution is 0.00446. The Morgan fingerprint density at radius 2 is 2.03 bits per heavy atom. The number of aliphatic hydroxyl groups is 3. The Balaban J connectivity index is 1.53. The molecule has 0 bridgehead atoms. The van der Waals surface area contributed by atoms with Gasteiger partial charge in [-0.25, -0.2) is 4.98 Å². The van der Waals surface area contributed by atoms with E-state index in [4.69, 9.17) is 8.83 Å². The number of aryl methyl sites for hydroxylation is 2. The molecule has 4 heterocycles. The van der Waals surface area contributed by atoms with Crippen LogP contribution in [0.3, 0.4) is 0 Å². The fourth-order valence-electron chi connectivity index (χ4n) is 4.56. The van der Waals surface area contributed by atoms with E-state index in [0.29, 0.717) is 47.3 Å². The molecule has 0 aliphatic heterocycles. The van der Waals surface area contributed by atoms with Crippen LogP contribution in [-0.2, 0) is 13.0 Å². The van der Waals surface area contributed by atoms with Crippen molar-refractivity contribution < 1.29 is 24.2 Å². The Labute approximate surface area is 202 Å². The molecule has 0 radical (unpaired) electrons. The zero-order chi connectivity index (χ0) is 24.5. The van der Waals surface area contributed by atoms with Gasteiger partial charge in [-0.2, -0.15) is 4.98 Å². The van der Waals surface area contributed by atoms with Crippen molar-refractivity contribution >= 4 is 22.7 Å². The van der Waals surface area contributed by atoms with Crippen LogP contribution in [0.4, 0.5) is 11.8 Å². The van der Waals surface area contributed by atoms with E-state index < -0.39 is 24.2 Å². The van der Waals surface area contributed by atoms with Gasteiger partial charge < -0.3 is 34.8 Å². The minimum Gasteiger partial charge on any atom is -0.467 e. The van der Waals surface area contributed by atoms with E-state index in [1.807, 2.05) is 38.1 Å². The summed E-state index contributed by atoms with van der Waals surface area (Å²) in [7, 11) is 0. The molecule has 4 aromatic heterocycles. The minimum absolute atomic E-state index is 0.210. The number of fused-ring (bicyclic) bond motifs is 1. The van der Waals surface area contributed by atoms with Crippen LogP contribution in [-0.4, -0.2) is 55.1 Å². The fraction of sp³-hybridized carbons (Fsp3) is 0.400. The molecule has 1 aliphatic carbocycles. The van der Waals surface area contributed by atoms with Crippen LogP contribution < -0.4 is 10.6 Å². The Morgan fingerprint density at radius 3 is 2.74 bits per heavy atom. The number of anilines is 2. The van der Waals surface area contributed by atoms with Gasteiger partial charge in [0.05, 0.1) is 42.4 Å². The van der Waals surface area contributed by atoms with Gasteiger partial charge in [-0.05, 0) is 44.0 Å². The first kappa shape index (κ1) is 23.3. The molecule has 0 aromatic carbocycles. The predicted molar refractivity (Wildman–Crippen MR) is 130 cm³/mol. The van der Waals surface area contributed by atoms with Crippen LogP contribution in [0.15, 0.2) is 45.6 Å². The molecule has 4 atom stereocenters. The molecular weight excluding hydrogens is 450 g/mol. The maximum Gasteiger partial charge on any atom is 0.225 e. The molecule has 10 heteroatoms. The lowest BCUT2D eigenvalue weighted by Gasteiger charge is -2.21. The summed E-state index contributed by atoms with van der Waals surface area (Å²) in [6, 6.07) is 7.08. The molecule has 0 spiro atoms. The van der Waals surface area contributed by atoms with E-state index in [1.54, 1.807) is 12.5 Å². The van der Waals surface area contributed by atoms with Crippen molar-refractivity contribution in [3.8, 4) is 11.3 Å². The van der Waals surface area contributed by atoms with Crippen molar-refractivity contribution in [1.29, 1.82) is 0 Å². The second-order valence-electron chi connectivity index (χ2n) is 8.88. The van der Waals surface area contributed by atoms with Gasteiger partial charge in [0, 0.05) is 23.6 Å². The number of furan rings is 2. The highest BCUT2D eigenvalue weighted by molar-refractivity contribution is 5.86. The third kappa shape index (κ3) is 4.60. The maximum absolute atomic E-state index is 10.6. The van der Waals surface area contributed by atoms with Crippen molar-refractivity contribution in [1.82, 2.24) is 15.0 Å². The number of aliphatic hydroxyl groups excluding tert-OH is 3. The zero-order valence-electron chi connectivity index (χ0n) is 19.6. The Morgan fingerprint density at radius 1 is 1.17 bits per heavy atom. The average Bonchev–Trinajstić information content (AvgIpc) is 3.58. The second kappa shape index (κ2) is 9.65. The minimum atomic E-state index is -1.05. The molecule has 5 N–H and O–H groups in total. The summed E-state index contributed by atoms with van der Waals surface area (Å²) in [5, 5.41) is 37.8. The quantitative estimate of drug-likeness (QED) is 0.255. The van der Waals surface area contributed by atoms with Crippen LogP contribution in [0, 0.1) is 12.8 Å². The third-order valence-corrected chi connectivity index (χ3v) is 6.52. The highest BCUT2D eigenvalue weighted by atomic mass is 16.3. The van der Waals surface area contributed by atoms with Crippen LogP contribution in [0.5, 0.6) is 0 Å². The summed E-state index contributed by atoms with van der Waals surface area (Å²) in [5.74, 6) is 1.72. The van der Waals surface area contributed by atoms with Crippen molar-refractivity contribution in [2.75, 3.05) is 17.2 Å². The molecule has 1 fully saturated rings. The molecule has 0 saturated heterocycles. The second-order valence-corrected chi connectivity index (χ2v) is 8.88. The van der Waals surface area contributed by atoms with E-state index in [-0.39, 0.29) is 6.61 Å². The van der Waals surface area contributed by atoms with Gasteiger partial charge in [-0.3, -0.25) is 4.98 Å². The zero-order valence-corrected chi connectivity index (χ0v) is 19.6. The molecule has 0 unspecified atom stereocenters. The lowest BCUT2D eigenvalue weighted by Crippen LogP contribution is -2.35. The van der Waals surface area contributed by atoms with Crippen LogP contribution in [0.2, 0.25) is 0 Å². The first-order valence-electron chi connectivity index (χ1n) is 11.7. The van der Waals surface area contributed by atoms with Crippen LogP contribution in [0.25, 0.3) is 22.3 Å². The van der Waals surface area contributed by atoms with Crippen LogP contribution >= 0.6 is 0 Å². The molecule has 0 amide bonds. The van der Waals surface area contributed by atoms with Crippen molar-refractivity contribution in [2.45, 2.75) is 51.5 Å². The number of nitrogens with zero attached hydrogens (tertiary/aromatic N) is 3. The predicted octanol–water partition coefficient (Wildman–Crippen LogP) is 2.88. The number of hydrogen-bond donors (Lipinski definition) is 5. The molecular formula is C25H29N5O5. The standard InChI is InChI=1S/C25H29N5O5/c1-3-16-7-14-9-19(35-20(14)11-26-16)21-13(2)28-25(27-10-17-5-4-6-34-17)30-24(21)29-18-8-15(12-31)22(32)23(18)33/h4-7,9,11,15,18,22-23,31-33H,3,8,10,12H2,1-2H3,(H2,27,28,29,30)/t15-,18-,22-,23+/m1/s1. The first-order chi connectivity index (χ1) is 17.0. The third-order valence-electron chi connectivity index (χ3n) is 6.52. The van der Waals surface area contributed by atoms with Gasteiger partial charge in [-0.15, -0.1) is 0 Å². The van der Waals surface area contributed by atoms with Gasteiger partial charge in [-0.1, -0.05) is 6.92 Å². The molecule has 184 valence electrons. The first-order valence-corrected chi connectivity index (χ1v) is 11.7. The Bertz CT molecular complexity index is 1310. The number of pyridine rings is 1. The maximum atomic E-state index is 10.6. The summed E-state index contributed by atoms with van der Waals surface area (Å²) in [5.41, 5.74) is 2.93. The Hall–Kier alpha value is -3.47. The summed E-state index contributed by atoms with van der Waals surface area (Å²) >= 11 is 0.